The van der Waals surface area contributed by atoms with Crippen LogP contribution in [-0.2, 0) is 22.8 Å². The molecule has 0 saturated heterocycles. The number of aromatic nitrogens is 3. The molecule has 0 aliphatic carbocycles. The Labute approximate surface area is 125 Å². The predicted molar refractivity (Wildman–Crippen MR) is 81.9 cm³/mol. The predicted octanol–water partition coefficient (Wildman–Crippen LogP) is 2.40. The van der Waals surface area contributed by atoms with Crippen molar-refractivity contribution < 1.29 is 8.42 Å². The van der Waals surface area contributed by atoms with Crippen molar-refractivity contribution >= 4 is 9.84 Å². The van der Waals surface area contributed by atoms with E-state index in [0.717, 1.165) is 30.5 Å². The number of rotatable bonds is 7. The molecular formula is C15H21N3O2S. The number of hydrogen-bond acceptors (Lipinski definition) is 4. The maximum absolute atomic E-state index is 12.2. The third-order valence-corrected chi connectivity index (χ3v) is 5.05. The van der Waals surface area contributed by atoms with Crippen LogP contribution in [-0.4, -0.2) is 29.2 Å². The van der Waals surface area contributed by atoms with Crippen LogP contribution in [0.1, 0.15) is 31.0 Å². The Balaban J connectivity index is 1.98. The number of hydrogen-bond donors (Lipinski definition) is 0. The van der Waals surface area contributed by atoms with E-state index < -0.39 is 9.84 Å². The van der Waals surface area contributed by atoms with Gasteiger partial charge in [-0.2, -0.15) is 0 Å². The first-order valence-electron chi connectivity index (χ1n) is 7.19. The van der Waals surface area contributed by atoms with Crippen LogP contribution >= 0.6 is 0 Å². The molecule has 0 aliphatic heterocycles. The van der Waals surface area contributed by atoms with Crippen molar-refractivity contribution in [3.05, 3.63) is 41.7 Å². The number of benzene rings is 1. The highest BCUT2D eigenvalue weighted by Crippen LogP contribution is 2.12. The second kappa shape index (κ2) is 6.85. The van der Waals surface area contributed by atoms with Crippen LogP contribution in [0.5, 0.6) is 0 Å². The number of unbranched alkanes of at least 4 members (excludes halogenated alkanes) is 1. The van der Waals surface area contributed by atoms with Crippen LogP contribution in [0, 0.1) is 6.92 Å². The fourth-order valence-electron chi connectivity index (χ4n) is 2.00. The van der Waals surface area contributed by atoms with E-state index in [2.05, 4.69) is 17.2 Å². The Hall–Kier alpha value is -1.69. The van der Waals surface area contributed by atoms with Gasteiger partial charge in [-0.05, 0) is 31.9 Å². The zero-order valence-electron chi connectivity index (χ0n) is 12.5. The summed E-state index contributed by atoms with van der Waals surface area (Å²) in [7, 11) is -3.27. The minimum Gasteiger partial charge on any atom is -0.251 e. The molecule has 0 N–H and O–H groups in total. The standard InChI is InChI=1S/C15H21N3O2S/c1-3-4-5-14-12-18(17-16-14)10-11-21(19,20)15-8-6-13(2)7-9-15/h6-9,12H,3-5,10-11H2,1-2H3. The average molecular weight is 307 g/mol. The van der Waals surface area contributed by atoms with Gasteiger partial charge in [0, 0.05) is 6.20 Å². The van der Waals surface area contributed by atoms with E-state index >= 15 is 0 Å². The molecule has 0 fully saturated rings. The van der Waals surface area contributed by atoms with Crippen molar-refractivity contribution in [2.45, 2.75) is 44.6 Å². The summed E-state index contributed by atoms with van der Waals surface area (Å²) in [6.07, 6.45) is 4.90. The molecule has 1 heterocycles. The zero-order valence-corrected chi connectivity index (χ0v) is 13.3. The Morgan fingerprint density at radius 2 is 1.90 bits per heavy atom. The monoisotopic (exact) mass is 307 g/mol. The largest absolute Gasteiger partial charge is 0.251 e. The summed E-state index contributed by atoms with van der Waals surface area (Å²) >= 11 is 0. The van der Waals surface area contributed by atoms with E-state index in [0.29, 0.717) is 11.4 Å². The van der Waals surface area contributed by atoms with Crippen molar-refractivity contribution in [3.63, 3.8) is 0 Å². The molecule has 0 saturated carbocycles. The second-order valence-electron chi connectivity index (χ2n) is 5.21. The van der Waals surface area contributed by atoms with Gasteiger partial charge in [-0.25, -0.2) is 8.42 Å². The third kappa shape index (κ3) is 4.39. The molecule has 0 spiro atoms. The summed E-state index contributed by atoms with van der Waals surface area (Å²) < 4.78 is 26.1. The van der Waals surface area contributed by atoms with E-state index in [4.69, 9.17) is 0 Å². The molecule has 2 aromatic rings. The summed E-state index contributed by atoms with van der Waals surface area (Å²) in [5, 5.41) is 8.04. The minimum atomic E-state index is -3.27. The highest BCUT2D eigenvalue weighted by atomic mass is 32.2. The van der Waals surface area contributed by atoms with Crippen molar-refractivity contribution in [3.8, 4) is 0 Å². The van der Waals surface area contributed by atoms with Crippen LogP contribution in [0.3, 0.4) is 0 Å². The van der Waals surface area contributed by atoms with Crippen molar-refractivity contribution in [2.75, 3.05) is 5.75 Å². The summed E-state index contributed by atoms with van der Waals surface area (Å²) in [6.45, 7) is 4.39. The van der Waals surface area contributed by atoms with E-state index in [1.165, 1.54) is 0 Å². The summed E-state index contributed by atoms with van der Waals surface area (Å²) in [5.41, 5.74) is 1.97. The van der Waals surface area contributed by atoms with Crippen LogP contribution in [0.15, 0.2) is 35.4 Å². The van der Waals surface area contributed by atoms with Gasteiger partial charge in [-0.15, -0.1) is 5.10 Å². The van der Waals surface area contributed by atoms with Gasteiger partial charge in [0.05, 0.1) is 22.9 Å². The lowest BCUT2D eigenvalue weighted by atomic mass is 10.2. The molecule has 0 bridgehead atoms. The Kier molecular flexibility index (Phi) is 5.12. The van der Waals surface area contributed by atoms with Crippen LogP contribution in [0.25, 0.3) is 0 Å². The molecule has 0 amide bonds. The van der Waals surface area contributed by atoms with Gasteiger partial charge in [0.15, 0.2) is 9.84 Å². The number of nitrogens with zero attached hydrogens (tertiary/aromatic N) is 3. The third-order valence-electron chi connectivity index (χ3n) is 3.34. The topological polar surface area (TPSA) is 64.8 Å². The normalized spacial score (nSPS) is 11.7. The fourth-order valence-corrected chi connectivity index (χ4v) is 3.21. The lowest BCUT2D eigenvalue weighted by Gasteiger charge is -2.04. The first-order chi connectivity index (χ1) is 10.0. The van der Waals surface area contributed by atoms with Crippen LogP contribution in [0.4, 0.5) is 0 Å². The number of sulfone groups is 1. The summed E-state index contributed by atoms with van der Waals surface area (Å²) in [6, 6.07) is 6.92. The highest BCUT2D eigenvalue weighted by molar-refractivity contribution is 7.91. The number of aryl methyl sites for hydroxylation is 3. The van der Waals surface area contributed by atoms with Gasteiger partial charge in [0.2, 0.25) is 0 Å². The molecule has 1 aromatic heterocycles. The molecule has 0 unspecified atom stereocenters. The fraction of sp³-hybridized carbons (Fsp3) is 0.467. The Morgan fingerprint density at radius 1 is 1.19 bits per heavy atom. The molecule has 114 valence electrons. The van der Waals surface area contributed by atoms with Gasteiger partial charge in [-0.1, -0.05) is 36.3 Å². The molecule has 2 rings (SSSR count). The van der Waals surface area contributed by atoms with Gasteiger partial charge in [0.25, 0.3) is 0 Å². The maximum atomic E-state index is 12.2. The first-order valence-corrected chi connectivity index (χ1v) is 8.85. The van der Waals surface area contributed by atoms with E-state index in [-0.39, 0.29) is 5.75 Å². The lowest BCUT2D eigenvalue weighted by Crippen LogP contribution is -2.13. The SMILES string of the molecule is CCCCc1cn(CCS(=O)(=O)c2ccc(C)cc2)nn1. The van der Waals surface area contributed by atoms with Crippen molar-refractivity contribution in [1.82, 2.24) is 15.0 Å². The van der Waals surface area contributed by atoms with Gasteiger partial charge < -0.3 is 0 Å². The first kappa shape index (κ1) is 15.7. The van der Waals surface area contributed by atoms with Crippen LogP contribution < -0.4 is 0 Å². The minimum absolute atomic E-state index is 0.0344. The van der Waals surface area contributed by atoms with E-state index in [1.807, 2.05) is 25.3 Å². The van der Waals surface area contributed by atoms with Gasteiger partial charge in [-0.3, -0.25) is 4.68 Å². The molecule has 1 aromatic carbocycles. The lowest BCUT2D eigenvalue weighted by molar-refractivity contribution is 0.575. The zero-order chi connectivity index (χ0) is 15.3. The summed E-state index contributed by atoms with van der Waals surface area (Å²) in [4.78, 5) is 0.361. The van der Waals surface area contributed by atoms with Gasteiger partial charge >= 0.3 is 0 Å². The maximum Gasteiger partial charge on any atom is 0.180 e. The smallest absolute Gasteiger partial charge is 0.180 e. The van der Waals surface area contributed by atoms with Gasteiger partial charge in [0.1, 0.15) is 0 Å². The van der Waals surface area contributed by atoms with E-state index in [1.54, 1.807) is 16.8 Å². The quantitative estimate of drug-likeness (QED) is 0.788. The molecule has 0 radical (unpaired) electrons. The second-order valence-corrected chi connectivity index (χ2v) is 7.32. The van der Waals surface area contributed by atoms with Crippen molar-refractivity contribution in [2.24, 2.45) is 0 Å². The molecule has 0 aliphatic rings. The molecule has 6 heteroatoms. The Morgan fingerprint density at radius 3 is 2.57 bits per heavy atom. The average Bonchev–Trinajstić information content (AvgIpc) is 2.91. The van der Waals surface area contributed by atoms with Crippen LogP contribution in [0.2, 0.25) is 0 Å². The molecule has 5 nitrogen and oxygen atoms in total. The summed E-state index contributed by atoms with van der Waals surface area (Å²) in [5.74, 6) is 0.0344. The molecule has 21 heavy (non-hydrogen) atoms. The van der Waals surface area contributed by atoms with E-state index in [9.17, 15) is 8.42 Å². The Bertz CT molecular complexity index is 675. The highest BCUT2D eigenvalue weighted by Gasteiger charge is 2.14. The molecule has 0 atom stereocenters. The van der Waals surface area contributed by atoms with Crippen molar-refractivity contribution in [1.29, 1.82) is 0 Å². The molecular weight excluding hydrogens is 286 g/mol.